The average Bonchev–Trinajstić information content (AvgIpc) is 2.42. The third-order valence-electron chi connectivity index (χ3n) is 3.16. The van der Waals surface area contributed by atoms with Gasteiger partial charge in [-0.3, -0.25) is 4.79 Å². The van der Waals surface area contributed by atoms with Crippen LogP contribution in [0.4, 0.5) is 30.7 Å². The molecule has 0 saturated heterocycles. The van der Waals surface area contributed by atoms with Crippen LogP contribution < -0.4 is 4.74 Å². The summed E-state index contributed by atoms with van der Waals surface area (Å²) in [6.45, 7) is 1.11. The molecule has 1 aromatic carbocycles. The number of ether oxygens (including phenoxy) is 2. The van der Waals surface area contributed by atoms with Crippen molar-refractivity contribution in [3.63, 3.8) is 0 Å². The fourth-order valence-electron chi connectivity index (χ4n) is 1.90. The topological polar surface area (TPSA) is 35.5 Å². The van der Waals surface area contributed by atoms with Crippen LogP contribution >= 0.6 is 0 Å². The molecule has 0 radical (unpaired) electrons. The number of hydrogen-bond acceptors (Lipinski definition) is 3. The third-order valence-corrected chi connectivity index (χ3v) is 3.16. The molecule has 0 saturated carbocycles. The van der Waals surface area contributed by atoms with Crippen LogP contribution in [0.1, 0.15) is 25.0 Å². The minimum Gasteiger partial charge on any atom is -0.427 e. The molecule has 1 atom stereocenters. The highest BCUT2D eigenvalue weighted by Crippen LogP contribution is 2.51. The van der Waals surface area contributed by atoms with Crippen molar-refractivity contribution in [2.45, 2.75) is 37.5 Å². The van der Waals surface area contributed by atoms with Crippen molar-refractivity contribution in [2.24, 2.45) is 0 Å². The Morgan fingerprint density at radius 2 is 1.46 bits per heavy atom. The van der Waals surface area contributed by atoms with Crippen LogP contribution in [0.2, 0.25) is 0 Å². The van der Waals surface area contributed by atoms with Gasteiger partial charge >= 0.3 is 24.0 Å². The van der Waals surface area contributed by atoms with Crippen molar-refractivity contribution in [1.29, 1.82) is 0 Å². The lowest BCUT2D eigenvalue weighted by molar-refractivity contribution is -0.348. The first kappa shape index (κ1) is 20.2. The quantitative estimate of drug-likeness (QED) is 0.439. The Balaban J connectivity index is 3.10. The summed E-state index contributed by atoms with van der Waals surface area (Å²) in [5, 5.41) is 0. The van der Waals surface area contributed by atoms with Crippen molar-refractivity contribution in [1.82, 2.24) is 0 Å². The molecule has 1 rings (SSSR count). The summed E-state index contributed by atoms with van der Waals surface area (Å²) in [4.78, 5) is 10.7. The molecule has 10 heteroatoms. The maximum absolute atomic E-state index is 13.8. The fraction of sp³-hybridized carbons (Fsp3) is 0.500. The molecular weight excluding hydrogens is 349 g/mol. The van der Waals surface area contributed by atoms with Crippen LogP contribution in [0.5, 0.6) is 5.75 Å². The Morgan fingerprint density at radius 1 is 1.00 bits per heavy atom. The van der Waals surface area contributed by atoms with E-state index in [1.54, 1.807) is 0 Å². The number of carbonyl (C=O) groups is 1. The number of hydrogen-bond donors (Lipinski definition) is 0. The molecular formula is C14H13F7O3. The minimum atomic E-state index is -6.15. The molecule has 0 fully saturated rings. The predicted molar refractivity (Wildman–Crippen MR) is 68.1 cm³/mol. The Kier molecular flexibility index (Phi) is 5.86. The predicted octanol–water partition coefficient (Wildman–Crippen LogP) is 4.52. The number of esters is 1. The minimum absolute atomic E-state index is 0.0271. The van der Waals surface area contributed by atoms with Gasteiger partial charge in [-0.25, -0.2) is 4.39 Å². The molecule has 0 N–H and O–H groups in total. The highest BCUT2D eigenvalue weighted by molar-refractivity contribution is 5.69. The maximum Gasteiger partial charge on any atom is 0.431 e. The molecule has 1 unspecified atom stereocenters. The number of rotatable bonds is 5. The van der Waals surface area contributed by atoms with Gasteiger partial charge in [0.15, 0.2) is 0 Å². The van der Waals surface area contributed by atoms with E-state index in [0.717, 1.165) is 38.3 Å². The monoisotopic (exact) mass is 362 g/mol. The van der Waals surface area contributed by atoms with Crippen molar-refractivity contribution in [2.75, 3.05) is 7.11 Å². The largest absolute Gasteiger partial charge is 0.431 e. The lowest BCUT2D eigenvalue weighted by Crippen LogP contribution is -2.54. The van der Waals surface area contributed by atoms with Crippen LogP contribution in [0.25, 0.3) is 0 Å². The molecule has 136 valence electrons. The molecule has 0 aromatic heterocycles. The number of carbonyl (C=O) groups excluding carboxylic acids is 1. The van der Waals surface area contributed by atoms with Crippen LogP contribution in [-0.4, -0.2) is 31.1 Å². The molecule has 0 spiro atoms. The van der Waals surface area contributed by atoms with E-state index in [9.17, 15) is 35.5 Å². The van der Waals surface area contributed by atoms with E-state index in [1.807, 2.05) is 0 Å². The Labute approximate surface area is 132 Å². The molecule has 0 heterocycles. The van der Waals surface area contributed by atoms with Gasteiger partial charge in [0.1, 0.15) is 5.75 Å². The number of alkyl halides is 7. The normalized spacial score (nSPS) is 14.4. The summed E-state index contributed by atoms with van der Waals surface area (Å²) in [7, 11) is 0.859. The van der Waals surface area contributed by atoms with Gasteiger partial charge in [-0.05, 0) is 17.7 Å². The van der Waals surface area contributed by atoms with Gasteiger partial charge in [0.2, 0.25) is 0 Å². The molecule has 24 heavy (non-hydrogen) atoms. The van der Waals surface area contributed by atoms with E-state index in [4.69, 9.17) is 0 Å². The maximum atomic E-state index is 13.8. The molecule has 0 bridgehead atoms. The van der Waals surface area contributed by atoms with Crippen molar-refractivity contribution < 1.29 is 45.0 Å². The summed E-state index contributed by atoms with van der Waals surface area (Å²) in [5.74, 6) is -0.637. The summed E-state index contributed by atoms with van der Waals surface area (Å²) < 4.78 is 98.7. The Morgan fingerprint density at radius 3 is 1.79 bits per heavy atom. The Hall–Kier alpha value is -1.84. The summed E-state index contributed by atoms with van der Waals surface area (Å²) in [6.07, 6.45) is -16.1. The molecule has 1 aromatic rings. The van der Waals surface area contributed by atoms with Gasteiger partial charge in [0, 0.05) is 20.5 Å². The second kappa shape index (κ2) is 6.96. The van der Waals surface area contributed by atoms with E-state index in [0.29, 0.717) is 0 Å². The molecule has 0 aliphatic heterocycles. The number of benzene rings is 1. The molecule has 0 aliphatic carbocycles. The summed E-state index contributed by atoms with van der Waals surface area (Å²) in [6, 6.07) is 4.45. The smallest absolute Gasteiger partial charge is 0.427 e. The first-order valence-electron chi connectivity index (χ1n) is 6.45. The lowest BCUT2D eigenvalue weighted by Gasteiger charge is -2.32. The van der Waals surface area contributed by atoms with Crippen LogP contribution in [0.3, 0.4) is 0 Å². The van der Waals surface area contributed by atoms with Gasteiger partial charge in [0.05, 0.1) is 6.10 Å². The zero-order valence-corrected chi connectivity index (χ0v) is 12.5. The SMILES string of the molecule is COC(CC(F)(C(F)(F)F)C(F)(F)F)c1ccc(OC(C)=O)cc1. The summed E-state index contributed by atoms with van der Waals surface area (Å²) in [5.41, 5.74) is -5.56. The van der Waals surface area contributed by atoms with Gasteiger partial charge in [-0.1, -0.05) is 12.1 Å². The van der Waals surface area contributed by atoms with E-state index in [2.05, 4.69) is 9.47 Å². The standard InChI is InChI=1S/C14H13F7O3/c1-8(22)24-10-5-3-9(4-6-10)11(23-2)7-12(15,13(16,17)18)14(19,20)21/h3-6,11H,7H2,1-2H3. The van der Waals surface area contributed by atoms with E-state index in [-0.39, 0.29) is 11.3 Å². The average molecular weight is 362 g/mol. The highest BCUT2D eigenvalue weighted by atomic mass is 19.4. The second-order valence-corrected chi connectivity index (χ2v) is 4.89. The number of methoxy groups -OCH3 is 1. The van der Waals surface area contributed by atoms with Gasteiger partial charge < -0.3 is 9.47 Å². The fourth-order valence-corrected chi connectivity index (χ4v) is 1.90. The van der Waals surface area contributed by atoms with Crippen molar-refractivity contribution in [3.8, 4) is 5.75 Å². The van der Waals surface area contributed by atoms with E-state index in [1.165, 1.54) is 0 Å². The van der Waals surface area contributed by atoms with Crippen molar-refractivity contribution >= 4 is 5.97 Å². The van der Waals surface area contributed by atoms with Crippen LogP contribution in [-0.2, 0) is 9.53 Å². The lowest BCUT2D eigenvalue weighted by atomic mass is 9.92. The van der Waals surface area contributed by atoms with Gasteiger partial charge in [0.25, 0.3) is 0 Å². The van der Waals surface area contributed by atoms with Crippen molar-refractivity contribution in [3.05, 3.63) is 29.8 Å². The van der Waals surface area contributed by atoms with Crippen LogP contribution in [0, 0.1) is 0 Å². The number of halogens is 7. The third kappa shape index (κ3) is 4.37. The van der Waals surface area contributed by atoms with Crippen LogP contribution in [0.15, 0.2) is 24.3 Å². The molecule has 3 nitrogen and oxygen atoms in total. The second-order valence-electron chi connectivity index (χ2n) is 4.89. The van der Waals surface area contributed by atoms with Gasteiger partial charge in [-0.15, -0.1) is 0 Å². The molecule has 0 amide bonds. The molecule has 0 aliphatic rings. The summed E-state index contributed by atoms with van der Waals surface area (Å²) >= 11 is 0. The zero-order chi connectivity index (χ0) is 18.8. The highest BCUT2D eigenvalue weighted by Gasteiger charge is 2.72. The van der Waals surface area contributed by atoms with E-state index >= 15 is 0 Å². The Bertz CT molecular complexity index is 549. The van der Waals surface area contributed by atoms with Gasteiger partial charge in [-0.2, -0.15) is 26.3 Å². The van der Waals surface area contributed by atoms with E-state index < -0.39 is 36.5 Å². The first-order valence-corrected chi connectivity index (χ1v) is 6.45. The zero-order valence-electron chi connectivity index (χ0n) is 12.5. The first-order chi connectivity index (χ1) is 10.8.